The monoisotopic (exact) mass is 333 g/mol. The summed E-state index contributed by atoms with van der Waals surface area (Å²) in [6.45, 7) is 4.79. The molecule has 0 radical (unpaired) electrons. The van der Waals surface area contributed by atoms with Crippen LogP contribution >= 0.6 is 11.3 Å². The van der Waals surface area contributed by atoms with E-state index in [1.165, 1.54) is 11.3 Å². The van der Waals surface area contributed by atoms with Gasteiger partial charge in [0.1, 0.15) is 5.60 Å². The van der Waals surface area contributed by atoms with Gasteiger partial charge < -0.3 is 20.6 Å². The number of nitrogens with one attached hydrogen (secondary N) is 2. The number of thiophene rings is 1. The summed E-state index contributed by atoms with van der Waals surface area (Å²) in [4.78, 5) is 14.9. The third-order valence-electron chi connectivity index (χ3n) is 3.66. The van der Waals surface area contributed by atoms with Crippen molar-refractivity contribution in [2.45, 2.75) is 19.4 Å². The Balaban J connectivity index is 1.92. The normalized spacial score (nSPS) is 13.2. The maximum Gasteiger partial charge on any atom is 0.319 e. The largest absolute Gasteiger partial charge is 0.383 e. The molecule has 124 valence electrons. The summed E-state index contributed by atoms with van der Waals surface area (Å²) >= 11 is 1.47. The van der Waals surface area contributed by atoms with Gasteiger partial charge in [0.05, 0.1) is 6.54 Å². The van der Waals surface area contributed by atoms with Crippen molar-refractivity contribution in [3.05, 3.63) is 46.7 Å². The zero-order valence-corrected chi connectivity index (χ0v) is 14.5. The van der Waals surface area contributed by atoms with Crippen LogP contribution in [0.25, 0.3) is 0 Å². The lowest BCUT2D eigenvalue weighted by Gasteiger charge is -2.22. The van der Waals surface area contributed by atoms with E-state index in [1.807, 2.05) is 48.8 Å². The highest BCUT2D eigenvalue weighted by atomic mass is 32.1. The minimum Gasteiger partial charge on any atom is -0.383 e. The molecule has 23 heavy (non-hydrogen) atoms. The van der Waals surface area contributed by atoms with Crippen LogP contribution in [0, 0.1) is 0 Å². The number of aliphatic hydroxyl groups is 1. The van der Waals surface area contributed by atoms with Gasteiger partial charge in [-0.2, -0.15) is 0 Å². The quantitative estimate of drug-likeness (QED) is 0.760. The van der Waals surface area contributed by atoms with Gasteiger partial charge in [0, 0.05) is 29.8 Å². The van der Waals surface area contributed by atoms with Crippen LogP contribution in [0.1, 0.15) is 18.7 Å². The van der Waals surface area contributed by atoms with E-state index in [0.29, 0.717) is 0 Å². The molecule has 1 heterocycles. The lowest BCUT2D eigenvalue weighted by atomic mass is 10.1. The summed E-state index contributed by atoms with van der Waals surface area (Å²) < 4.78 is 0. The second kappa shape index (κ2) is 7.48. The first-order valence-electron chi connectivity index (χ1n) is 7.55. The van der Waals surface area contributed by atoms with Crippen molar-refractivity contribution in [3.8, 4) is 0 Å². The molecular weight excluding hydrogens is 310 g/mol. The minimum atomic E-state index is -1.07. The lowest BCUT2D eigenvalue weighted by molar-refractivity contribution is 0.0637. The SMILES string of the molecule is CCN(C)c1cccc(NC(=O)NCC(C)(O)c2cccs2)c1. The Hall–Kier alpha value is -2.05. The Kier molecular flexibility index (Phi) is 5.63. The molecule has 0 aliphatic carbocycles. The summed E-state index contributed by atoms with van der Waals surface area (Å²) in [5.74, 6) is 0. The van der Waals surface area contributed by atoms with E-state index in [4.69, 9.17) is 0 Å². The molecule has 1 atom stereocenters. The highest BCUT2D eigenvalue weighted by Gasteiger charge is 2.24. The molecule has 0 bridgehead atoms. The summed E-state index contributed by atoms with van der Waals surface area (Å²) in [5, 5.41) is 17.8. The molecule has 1 aromatic heterocycles. The van der Waals surface area contributed by atoms with Crippen LogP contribution in [0.2, 0.25) is 0 Å². The molecular formula is C17H23N3O2S. The molecule has 1 unspecified atom stereocenters. The van der Waals surface area contributed by atoms with Crippen LogP contribution in [0.5, 0.6) is 0 Å². The van der Waals surface area contributed by atoms with Gasteiger partial charge in [0.15, 0.2) is 0 Å². The van der Waals surface area contributed by atoms with Crippen LogP contribution < -0.4 is 15.5 Å². The minimum absolute atomic E-state index is 0.147. The molecule has 0 fully saturated rings. The zero-order valence-electron chi connectivity index (χ0n) is 13.7. The lowest BCUT2D eigenvalue weighted by Crippen LogP contribution is -2.40. The van der Waals surface area contributed by atoms with Crippen LogP contribution in [0.4, 0.5) is 16.2 Å². The van der Waals surface area contributed by atoms with Crippen LogP contribution in [0.3, 0.4) is 0 Å². The van der Waals surface area contributed by atoms with Gasteiger partial charge in [-0.05, 0) is 43.5 Å². The predicted molar refractivity (Wildman–Crippen MR) is 96.3 cm³/mol. The second-order valence-corrected chi connectivity index (χ2v) is 6.57. The number of rotatable bonds is 6. The number of nitrogens with zero attached hydrogens (tertiary/aromatic N) is 1. The molecule has 0 aliphatic heterocycles. The van der Waals surface area contributed by atoms with Gasteiger partial charge in [0.25, 0.3) is 0 Å². The summed E-state index contributed by atoms with van der Waals surface area (Å²) in [7, 11) is 2.00. The van der Waals surface area contributed by atoms with E-state index in [1.54, 1.807) is 6.92 Å². The molecule has 0 spiro atoms. The number of benzene rings is 1. The van der Waals surface area contributed by atoms with Crippen molar-refractivity contribution in [2.75, 3.05) is 30.4 Å². The Morgan fingerprint density at radius 2 is 2.13 bits per heavy atom. The molecule has 6 heteroatoms. The van der Waals surface area contributed by atoms with Gasteiger partial charge in [-0.15, -0.1) is 11.3 Å². The van der Waals surface area contributed by atoms with Gasteiger partial charge >= 0.3 is 6.03 Å². The Morgan fingerprint density at radius 1 is 1.35 bits per heavy atom. The third-order valence-corrected chi connectivity index (χ3v) is 4.79. The average molecular weight is 333 g/mol. The van der Waals surface area contributed by atoms with Gasteiger partial charge in [-0.3, -0.25) is 0 Å². The predicted octanol–water partition coefficient (Wildman–Crippen LogP) is 3.23. The first-order chi connectivity index (χ1) is 10.9. The number of amides is 2. The maximum absolute atomic E-state index is 12.0. The molecule has 5 nitrogen and oxygen atoms in total. The van der Waals surface area contributed by atoms with Crippen molar-refractivity contribution in [1.29, 1.82) is 0 Å². The first-order valence-corrected chi connectivity index (χ1v) is 8.43. The van der Waals surface area contributed by atoms with E-state index in [0.717, 1.165) is 22.8 Å². The Morgan fingerprint density at radius 3 is 2.78 bits per heavy atom. The molecule has 0 aliphatic rings. The molecule has 0 saturated heterocycles. The van der Waals surface area contributed by atoms with E-state index in [-0.39, 0.29) is 12.6 Å². The van der Waals surface area contributed by atoms with Gasteiger partial charge in [-0.25, -0.2) is 4.79 Å². The fourth-order valence-electron chi connectivity index (χ4n) is 2.10. The van der Waals surface area contributed by atoms with Crippen LogP contribution in [-0.2, 0) is 5.60 Å². The highest BCUT2D eigenvalue weighted by molar-refractivity contribution is 7.10. The fourth-order valence-corrected chi connectivity index (χ4v) is 2.89. The van der Waals surface area contributed by atoms with E-state index >= 15 is 0 Å². The maximum atomic E-state index is 12.0. The average Bonchev–Trinajstić information content (AvgIpc) is 3.08. The first kappa shape index (κ1) is 17.3. The molecule has 2 aromatic rings. The van der Waals surface area contributed by atoms with Crippen molar-refractivity contribution in [3.63, 3.8) is 0 Å². The summed E-state index contributed by atoms with van der Waals surface area (Å²) in [6, 6.07) is 11.1. The highest BCUT2D eigenvalue weighted by Crippen LogP contribution is 2.24. The van der Waals surface area contributed by atoms with E-state index in [2.05, 4.69) is 22.5 Å². The van der Waals surface area contributed by atoms with Crippen molar-refractivity contribution < 1.29 is 9.90 Å². The van der Waals surface area contributed by atoms with Crippen molar-refractivity contribution in [1.82, 2.24) is 5.32 Å². The Bertz CT molecular complexity index is 641. The molecule has 0 saturated carbocycles. The van der Waals surface area contributed by atoms with Crippen molar-refractivity contribution in [2.24, 2.45) is 0 Å². The topological polar surface area (TPSA) is 64.6 Å². The molecule has 2 rings (SSSR count). The van der Waals surface area contributed by atoms with E-state index in [9.17, 15) is 9.90 Å². The second-order valence-electron chi connectivity index (χ2n) is 5.62. The van der Waals surface area contributed by atoms with Crippen LogP contribution in [-0.4, -0.2) is 31.3 Å². The number of hydrogen-bond acceptors (Lipinski definition) is 4. The third kappa shape index (κ3) is 4.71. The number of urea groups is 1. The summed E-state index contributed by atoms with van der Waals surface area (Å²) in [5.41, 5.74) is 0.683. The smallest absolute Gasteiger partial charge is 0.319 e. The van der Waals surface area contributed by atoms with Gasteiger partial charge in [-0.1, -0.05) is 12.1 Å². The van der Waals surface area contributed by atoms with Crippen molar-refractivity contribution >= 4 is 28.7 Å². The molecule has 2 amide bonds. The fraction of sp³-hybridized carbons (Fsp3) is 0.353. The number of carbonyl (C=O) groups is 1. The Labute approximate surface area is 140 Å². The van der Waals surface area contributed by atoms with E-state index < -0.39 is 5.60 Å². The molecule has 1 aromatic carbocycles. The summed E-state index contributed by atoms with van der Waals surface area (Å²) in [6.07, 6.45) is 0. The standard InChI is InChI=1S/C17H23N3O2S/c1-4-20(3)14-8-5-7-13(11-14)19-16(21)18-12-17(2,22)15-9-6-10-23-15/h5-11,22H,4,12H2,1-3H3,(H2,18,19,21). The number of hydrogen-bond donors (Lipinski definition) is 3. The zero-order chi connectivity index (χ0) is 16.9. The number of carbonyl (C=O) groups excluding carboxylic acids is 1. The molecule has 3 N–H and O–H groups in total. The van der Waals surface area contributed by atoms with Gasteiger partial charge in [0.2, 0.25) is 0 Å². The van der Waals surface area contributed by atoms with Crippen LogP contribution in [0.15, 0.2) is 41.8 Å². The number of anilines is 2.